The maximum atomic E-state index is 12.2. The number of ketones is 1. The predicted octanol–water partition coefficient (Wildman–Crippen LogP) is 4.60. The molecule has 0 spiro atoms. The van der Waals surface area contributed by atoms with Crippen LogP contribution in [0.5, 0.6) is 0 Å². The van der Waals surface area contributed by atoms with Crippen molar-refractivity contribution in [2.75, 3.05) is 0 Å². The Morgan fingerprint density at radius 3 is 2.52 bits per heavy atom. The molecule has 23 heavy (non-hydrogen) atoms. The van der Waals surface area contributed by atoms with Crippen molar-refractivity contribution in [1.29, 1.82) is 0 Å². The molecule has 0 aromatic rings. The first-order valence-electron chi connectivity index (χ1n) is 10.1. The standard InChI is InChI=1S/C21H34O2/c1-13(22)16-9-10-17-15-8-7-14-6-4-5-11-20(14,2)19(15)18(23)12-21(16,17)3/h14-19,23H,4-12H2,1-3H3/t14?,15?,16-,17?,18+,19?,20+,21-/m1/s1. The van der Waals surface area contributed by atoms with Crippen molar-refractivity contribution in [2.24, 2.45) is 40.4 Å². The minimum absolute atomic E-state index is 0.0598. The van der Waals surface area contributed by atoms with Crippen LogP contribution < -0.4 is 0 Å². The summed E-state index contributed by atoms with van der Waals surface area (Å²) in [4.78, 5) is 12.2. The van der Waals surface area contributed by atoms with Gasteiger partial charge in [-0.25, -0.2) is 0 Å². The van der Waals surface area contributed by atoms with E-state index in [1.165, 1.54) is 44.9 Å². The Labute approximate surface area is 141 Å². The molecule has 4 aliphatic carbocycles. The molecule has 0 aliphatic heterocycles. The zero-order chi connectivity index (χ0) is 16.4. The topological polar surface area (TPSA) is 37.3 Å². The van der Waals surface area contributed by atoms with E-state index in [4.69, 9.17) is 0 Å². The second-order valence-electron chi connectivity index (χ2n) is 9.84. The summed E-state index contributed by atoms with van der Waals surface area (Å²) in [7, 11) is 0. The number of fused-ring (bicyclic) bond motifs is 5. The van der Waals surface area contributed by atoms with Gasteiger partial charge in [0.25, 0.3) is 0 Å². The van der Waals surface area contributed by atoms with E-state index in [-0.39, 0.29) is 17.4 Å². The summed E-state index contributed by atoms with van der Waals surface area (Å²) in [5.74, 6) is 3.21. The lowest BCUT2D eigenvalue weighted by Gasteiger charge is -2.62. The van der Waals surface area contributed by atoms with E-state index in [1.807, 2.05) is 0 Å². The molecule has 130 valence electrons. The Hall–Kier alpha value is -0.370. The molecule has 2 nitrogen and oxygen atoms in total. The highest BCUT2D eigenvalue weighted by Crippen LogP contribution is 2.67. The number of hydrogen-bond acceptors (Lipinski definition) is 2. The molecule has 4 fully saturated rings. The molecule has 0 saturated heterocycles. The number of aliphatic hydroxyl groups is 1. The third-order valence-corrected chi connectivity index (χ3v) is 9.00. The Kier molecular flexibility index (Phi) is 3.72. The Morgan fingerprint density at radius 2 is 1.78 bits per heavy atom. The largest absolute Gasteiger partial charge is 0.393 e. The van der Waals surface area contributed by atoms with Gasteiger partial charge in [0.05, 0.1) is 6.10 Å². The summed E-state index contributed by atoms with van der Waals surface area (Å²) in [5.41, 5.74) is 0.417. The van der Waals surface area contributed by atoms with Crippen molar-refractivity contribution in [3.8, 4) is 0 Å². The van der Waals surface area contributed by atoms with Crippen molar-refractivity contribution in [1.82, 2.24) is 0 Å². The van der Waals surface area contributed by atoms with Gasteiger partial charge in [-0.15, -0.1) is 0 Å². The lowest BCUT2D eigenvalue weighted by atomic mass is 9.44. The molecule has 2 heteroatoms. The SMILES string of the molecule is CC(=O)[C@H]1CCC2C3CCC4CCCC[C@]4(C)C3[C@@H](O)C[C@@]21C. The Bertz CT molecular complexity index is 500. The minimum Gasteiger partial charge on any atom is -0.393 e. The van der Waals surface area contributed by atoms with E-state index in [1.54, 1.807) is 6.92 Å². The van der Waals surface area contributed by atoms with Crippen molar-refractivity contribution in [2.45, 2.75) is 84.7 Å². The quantitative estimate of drug-likeness (QED) is 0.767. The van der Waals surface area contributed by atoms with Crippen molar-refractivity contribution in [3.05, 3.63) is 0 Å². The van der Waals surface area contributed by atoms with E-state index in [0.717, 1.165) is 18.8 Å². The van der Waals surface area contributed by atoms with E-state index in [9.17, 15) is 9.90 Å². The molecule has 0 aromatic heterocycles. The first-order chi connectivity index (χ1) is 10.9. The van der Waals surface area contributed by atoms with Crippen molar-refractivity contribution < 1.29 is 9.90 Å². The number of Topliss-reactive ketones (excluding diaryl/α,β-unsaturated/α-hetero) is 1. The van der Waals surface area contributed by atoms with Crippen LogP contribution in [0.4, 0.5) is 0 Å². The Morgan fingerprint density at radius 1 is 1.00 bits per heavy atom. The van der Waals surface area contributed by atoms with Crippen LogP contribution in [0.3, 0.4) is 0 Å². The molecular formula is C21H34O2. The summed E-state index contributed by atoms with van der Waals surface area (Å²) < 4.78 is 0. The number of carbonyl (C=O) groups excluding carboxylic acids is 1. The Balaban J connectivity index is 1.69. The first-order valence-corrected chi connectivity index (χ1v) is 10.1. The van der Waals surface area contributed by atoms with Gasteiger partial charge >= 0.3 is 0 Å². The van der Waals surface area contributed by atoms with Crippen LogP contribution in [0, 0.1) is 40.4 Å². The maximum Gasteiger partial charge on any atom is 0.133 e. The van der Waals surface area contributed by atoms with Crippen LogP contribution in [0.1, 0.15) is 78.6 Å². The number of carbonyl (C=O) groups is 1. The minimum atomic E-state index is -0.188. The van der Waals surface area contributed by atoms with Crippen LogP contribution in [-0.4, -0.2) is 17.0 Å². The lowest BCUT2D eigenvalue weighted by molar-refractivity contribution is -0.170. The molecule has 4 rings (SSSR count). The molecule has 0 heterocycles. The lowest BCUT2D eigenvalue weighted by Crippen LogP contribution is -2.58. The molecule has 0 radical (unpaired) electrons. The van der Waals surface area contributed by atoms with Crippen LogP contribution in [0.25, 0.3) is 0 Å². The summed E-state index contributed by atoms with van der Waals surface area (Å²) in [6, 6.07) is 0. The molecule has 8 atom stereocenters. The van der Waals surface area contributed by atoms with Crippen LogP contribution in [0.2, 0.25) is 0 Å². The second kappa shape index (κ2) is 5.31. The van der Waals surface area contributed by atoms with Gasteiger partial charge in [0, 0.05) is 5.92 Å². The molecule has 1 N–H and O–H groups in total. The number of rotatable bonds is 1. The molecule has 0 amide bonds. The monoisotopic (exact) mass is 318 g/mol. The number of hydrogen-bond donors (Lipinski definition) is 1. The fourth-order valence-corrected chi connectivity index (χ4v) is 8.09. The molecule has 0 bridgehead atoms. The highest BCUT2D eigenvalue weighted by Gasteiger charge is 2.63. The third-order valence-electron chi connectivity index (χ3n) is 9.00. The second-order valence-corrected chi connectivity index (χ2v) is 9.84. The van der Waals surface area contributed by atoms with Gasteiger partial charge in [0.15, 0.2) is 0 Å². The maximum absolute atomic E-state index is 12.2. The van der Waals surface area contributed by atoms with E-state index < -0.39 is 0 Å². The highest BCUT2D eigenvalue weighted by atomic mass is 16.3. The van der Waals surface area contributed by atoms with Crippen LogP contribution in [-0.2, 0) is 4.79 Å². The summed E-state index contributed by atoms with van der Waals surface area (Å²) >= 11 is 0. The molecule has 4 aliphatic rings. The van der Waals surface area contributed by atoms with Crippen molar-refractivity contribution >= 4 is 5.78 Å². The smallest absolute Gasteiger partial charge is 0.133 e. The van der Waals surface area contributed by atoms with Crippen LogP contribution >= 0.6 is 0 Å². The number of aliphatic hydroxyl groups excluding tert-OH is 1. The van der Waals surface area contributed by atoms with Gasteiger partial charge in [-0.3, -0.25) is 4.79 Å². The van der Waals surface area contributed by atoms with Gasteiger partial charge in [0.2, 0.25) is 0 Å². The molecule has 4 unspecified atom stereocenters. The first kappa shape index (κ1) is 16.1. The highest BCUT2D eigenvalue weighted by molar-refractivity contribution is 5.79. The zero-order valence-corrected chi connectivity index (χ0v) is 15.2. The van der Waals surface area contributed by atoms with Gasteiger partial charge in [-0.05, 0) is 86.4 Å². The summed E-state index contributed by atoms with van der Waals surface area (Å²) in [5, 5.41) is 11.2. The van der Waals surface area contributed by atoms with Gasteiger partial charge < -0.3 is 5.11 Å². The summed E-state index contributed by atoms with van der Waals surface area (Å²) in [6.45, 7) is 6.60. The van der Waals surface area contributed by atoms with Crippen LogP contribution in [0.15, 0.2) is 0 Å². The fourth-order valence-electron chi connectivity index (χ4n) is 8.09. The van der Waals surface area contributed by atoms with Gasteiger partial charge in [-0.2, -0.15) is 0 Å². The predicted molar refractivity (Wildman–Crippen MR) is 91.9 cm³/mol. The van der Waals surface area contributed by atoms with Gasteiger partial charge in [-0.1, -0.05) is 26.7 Å². The normalized spacial score (nSPS) is 55.7. The third kappa shape index (κ3) is 2.12. The molecule has 4 saturated carbocycles. The van der Waals surface area contributed by atoms with E-state index >= 15 is 0 Å². The molecular weight excluding hydrogens is 284 g/mol. The van der Waals surface area contributed by atoms with Gasteiger partial charge in [0.1, 0.15) is 5.78 Å². The zero-order valence-electron chi connectivity index (χ0n) is 15.2. The van der Waals surface area contributed by atoms with Crippen molar-refractivity contribution in [3.63, 3.8) is 0 Å². The molecule has 0 aromatic carbocycles. The average molecular weight is 319 g/mol. The van der Waals surface area contributed by atoms with E-state index in [0.29, 0.717) is 29.0 Å². The summed E-state index contributed by atoms with van der Waals surface area (Å²) in [6.07, 6.45) is 11.1. The average Bonchev–Trinajstić information content (AvgIpc) is 2.82. The fraction of sp³-hybridized carbons (Fsp3) is 0.952. The van der Waals surface area contributed by atoms with E-state index in [2.05, 4.69) is 13.8 Å².